The normalized spacial score (nSPS) is 13.6. The fraction of sp³-hybridized carbons (Fsp3) is 0.167. The summed E-state index contributed by atoms with van der Waals surface area (Å²) in [6.45, 7) is 0. The smallest absolute Gasteiger partial charge is 0.340 e. The largest absolute Gasteiger partial charge is 0.422 e. The first-order valence-electron chi connectivity index (χ1n) is 6.97. The van der Waals surface area contributed by atoms with Gasteiger partial charge in [-0.1, -0.05) is 42.5 Å². The summed E-state index contributed by atoms with van der Waals surface area (Å²) in [4.78, 5) is 12.3. The fourth-order valence-corrected chi connectivity index (χ4v) is 3.16. The number of hydrogen-bond donors (Lipinski definition) is 0. The molecule has 2 nitrogen and oxygen atoms in total. The van der Waals surface area contributed by atoms with Gasteiger partial charge in [0.15, 0.2) is 0 Å². The lowest BCUT2D eigenvalue weighted by Crippen LogP contribution is -2.09. The predicted molar refractivity (Wildman–Crippen MR) is 79.9 cm³/mol. The van der Waals surface area contributed by atoms with Gasteiger partial charge < -0.3 is 4.42 Å². The van der Waals surface area contributed by atoms with Crippen LogP contribution in [0.15, 0.2) is 57.7 Å². The van der Waals surface area contributed by atoms with Gasteiger partial charge in [0.05, 0.1) is 0 Å². The lowest BCUT2D eigenvalue weighted by molar-refractivity contribution is 0.549. The minimum absolute atomic E-state index is 0.185. The van der Waals surface area contributed by atoms with Gasteiger partial charge in [-0.05, 0) is 36.5 Å². The van der Waals surface area contributed by atoms with E-state index in [4.69, 9.17) is 4.42 Å². The molecule has 0 atom stereocenters. The summed E-state index contributed by atoms with van der Waals surface area (Å²) in [5.74, 6) is 0. The zero-order valence-electron chi connectivity index (χ0n) is 11.1. The van der Waals surface area contributed by atoms with Gasteiger partial charge >= 0.3 is 5.63 Å². The van der Waals surface area contributed by atoms with Crippen LogP contribution in [0.3, 0.4) is 0 Å². The van der Waals surface area contributed by atoms with Gasteiger partial charge in [0.25, 0.3) is 0 Å². The summed E-state index contributed by atoms with van der Waals surface area (Å²) < 4.78 is 5.48. The number of aryl methyl sites for hydroxylation is 1. The predicted octanol–water partition coefficient (Wildman–Crippen LogP) is 3.95. The molecule has 0 unspecified atom stereocenters. The van der Waals surface area contributed by atoms with Crippen molar-refractivity contribution in [2.75, 3.05) is 0 Å². The third-order valence-corrected chi connectivity index (χ3v) is 4.07. The average Bonchev–Trinajstić information content (AvgIpc) is 2.68. The molecule has 2 aromatic carbocycles. The number of fused-ring (bicyclic) bond motifs is 5. The van der Waals surface area contributed by atoms with E-state index >= 15 is 0 Å². The van der Waals surface area contributed by atoms with E-state index in [0.717, 1.165) is 35.8 Å². The Morgan fingerprint density at radius 2 is 1.70 bits per heavy atom. The standard InChI is InChI=1S/C18H14O2/c19-18-15-10-5-7-12-6-1-2-8-13(12)17(15)14-9-3-4-11-16(14)20-18/h1-4,6,8-9,11H,5,7,10H2. The van der Waals surface area contributed by atoms with Crippen LogP contribution in [0.4, 0.5) is 0 Å². The van der Waals surface area contributed by atoms with Crippen molar-refractivity contribution < 1.29 is 4.42 Å². The van der Waals surface area contributed by atoms with E-state index in [1.807, 2.05) is 30.3 Å². The molecule has 3 aromatic rings. The monoisotopic (exact) mass is 262 g/mol. The summed E-state index contributed by atoms with van der Waals surface area (Å²) in [6.07, 6.45) is 2.79. The van der Waals surface area contributed by atoms with Crippen LogP contribution < -0.4 is 5.63 Å². The van der Waals surface area contributed by atoms with Crippen LogP contribution in [-0.2, 0) is 12.8 Å². The van der Waals surface area contributed by atoms with Crippen molar-refractivity contribution in [2.45, 2.75) is 19.3 Å². The molecular formula is C18H14O2. The summed E-state index contributed by atoms with van der Waals surface area (Å²) in [7, 11) is 0. The number of hydrogen-bond acceptors (Lipinski definition) is 2. The molecule has 0 bridgehead atoms. The molecule has 0 saturated heterocycles. The van der Waals surface area contributed by atoms with Crippen LogP contribution in [0.1, 0.15) is 17.5 Å². The molecule has 0 fully saturated rings. The lowest BCUT2D eigenvalue weighted by atomic mass is 9.94. The zero-order chi connectivity index (χ0) is 13.5. The fourth-order valence-electron chi connectivity index (χ4n) is 3.16. The summed E-state index contributed by atoms with van der Waals surface area (Å²) >= 11 is 0. The zero-order valence-corrected chi connectivity index (χ0v) is 11.1. The Hall–Kier alpha value is -2.35. The van der Waals surface area contributed by atoms with Gasteiger partial charge in [0, 0.05) is 16.5 Å². The van der Waals surface area contributed by atoms with E-state index in [-0.39, 0.29) is 5.63 Å². The van der Waals surface area contributed by atoms with Gasteiger partial charge in [0.1, 0.15) is 5.58 Å². The topological polar surface area (TPSA) is 30.2 Å². The SMILES string of the molecule is O=c1oc2ccccc2c2c1CCCc1ccccc1-2. The molecule has 0 N–H and O–H groups in total. The van der Waals surface area contributed by atoms with Gasteiger partial charge in [-0.25, -0.2) is 4.79 Å². The quantitative estimate of drug-likeness (QED) is 0.574. The van der Waals surface area contributed by atoms with Crippen LogP contribution in [0, 0.1) is 0 Å². The van der Waals surface area contributed by atoms with Crippen molar-refractivity contribution in [2.24, 2.45) is 0 Å². The molecule has 0 amide bonds. The van der Waals surface area contributed by atoms with E-state index in [2.05, 4.69) is 18.2 Å². The van der Waals surface area contributed by atoms with Crippen LogP contribution in [0.2, 0.25) is 0 Å². The Kier molecular flexibility index (Phi) is 2.49. The first-order chi connectivity index (χ1) is 9.84. The van der Waals surface area contributed by atoms with Crippen molar-refractivity contribution in [1.82, 2.24) is 0 Å². The highest BCUT2D eigenvalue weighted by Gasteiger charge is 2.20. The Morgan fingerprint density at radius 1 is 0.900 bits per heavy atom. The number of rotatable bonds is 0. The van der Waals surface area contributed by atoms with E-state index in [0.29, 0.717) is 5.58 Å². The Morgan fingerprint density at radius 3 is 2.65 bits per heavy atom. The minimum atomic E-state index is -0.185. The van der Waals surface area contributed by atoms with Crippen molar-refractivity contribution in [1.29, 1.82) is 0 Å². The maximum absolute atomic E-state index is 12.3. The van der Waals surface area contributed by atoms with Crippen LogP contribution in [0.5, 0.6) is 0 Å². The minimum Gasteiger partial charge on any atom is -0.422 e. The molecule has 20 heavy (non-hydrogen) atoms. The molecule has 0 spiro atoms. The first-order valence-corrected chi connectivity index (χ1v) is 6.97. The molecule has 0 saturated carbocycles. The molecule has 2 heteroatoms. The maximum Gasteiger partial charge on any atom is 0.340 e. The Balaban J connectivity index is 2.21. The summed E-state index contributed by atoms with van der Waals surface area (Å²) in [5, 5.41) is 1.04. The van der Waals surface area contributed by atoms with E-state index in [1.54, 1.807) is 0 Å². The maximum atomic E-state index is 12.3. The molecule has 98 valence electrons. The highest BCUT2D eigenvalue weighted by Crippen LogP contribution is 2.35. The summed E-state index contributed by atoms with van der Waals surface area (Å²) in [6, 6.07) is 16.2. The average molecular weight is 262 g/mol. The molecular weight excluding hydrogens is 248 g/mol. The van der Waals surface area contributed by atoms with Gasteiger partial charge in [-0.2, -0.15) is 0 Å². The lowest BCUT2D eigenvalue weighted by Gasteiger charge is -2.11. The molecule has 4 rings (SSSR count). The first kappa shape index (κ1) is 11.5. The number of para-hydroxylation sites is 1. The molecule has 1 aliphatic rings. The molecule has 1 aromatic heterocycles. The van der Waals surface area contributed by atoms with Crippen LogP contribution in [-0.4, -0.2) is 0 Å². The van der Waals surface area contributed by atoms with Crippen molar-refractivity contribution in [3.63, 3.8) is 0 Å². The highest BCUT2D eigenvalue weighted by atomic mass is 16.4. The summed E-state index contributed by atoms with van der Waals surface area (Å²) in [5.41, 5.74) is 4.90. The second-order valence-electron chi connectivity index (χ2n) is 5.25. The van der Waals surface area contributed by atoms with Gasteiger partial charge in [-0.3, -0.25) is 0 Å². The second-order valence-corrected chi connectivity index (χ2v) is 5.25. The van der Waals surface area contributed by atoms with Gasteiger partial charge in [-0.15, -0.1) is 0 Å². The van der Waals surface area contributed by atoms with Crippen molar-refractivity contribution >= 4 is 11.0 Å². The second kappa shape index (κ2) is 4.34. The van der Waals surface area contributed by atoms with E-state index < -0.39 is 0 Å². The molecule has 0 aliphatic heterocycles. The van der Waals surface area contributed by atoms with Crippen molar-refractivity contribution in [3.8, 4) is 11.1 Å². The third kappa shape index (κ3) is 1.61. The Labute approximate surface area is 116 Å². The van der Waals surface area contributed by atoms with Gasteiger partial charge in [0.2, 0.25) is 0 Å². The highest BCUT2D eigenvalue weighted by molar-refractivity contribution is 5.96. The van der Waals surface area contributed by atoms with E-state index in [1.165, 1.54) is 11.1 Å². The van der Waals surface area contributed by atoms with Crippen LogP contribution >= 0.6 is 0 Å². The van der Waals surface area contributed by atoms with Crippen LogP contribution in [0.25, 0.3) is 22.1 Å². The molecule has 1 aliphatic carbocycles. The Bertz CT molecular complexity index is 859. The van der Waals surface area contributed by atoms with E-state index in [9.17, 15) is 4.79 Å². The van der Waals surface area contributed by atoms with Crippen molar-refractivity contribution in [3.05, 3.63) is 70.1 Å². The number of benzene rings is 2. The third-order valence-electron chi connectivity index (χ3n) is 4.07. The molecule has 0 radical (unpaired) electrons. The molecule has 1 heterocycles.